The third-order valence-electron chi connectivity index (χ3n) is 5.33. The molecule has 1 aliphatic rings. The standard InChI is InChI=1S/C22H29F2N5.HI/c1-15(19-8-7-17(23)13-20(19)24)14-26-22(25-3)28-18-9-11-29(12-10-18)21-6-4-5-16(2)27-21;/h4-8,13,15,18H,9-12,14H2,1-3H3,(H2,25,26,28);1H. The minimum absolute atomic E-state index is 0. The Kier molecular flexibility index (Phi) is 9.26. The highest BCUT2D eigenvalue weighted by atomic mass is 127. The number of aromatic nitrogens is 1. The molecular formula is C22H30F2IN5. The number of nitrogens with zero attached hydrogens (tertiary/aromatic N) is 3. The number of hydrogen-bond acceptors (Lipinski definition) is 3. The number of halogens is 3. The van der Waals surface area contributed by atoms with Gasteiger partial charge in [0.15, 0.2) is 5.96 Å². The smallest absolute Gasteiger partial charge is 0.191 e. The number of pyridine rings is 1. The van der Waals surface area contributed by atoms with E-state index in [2.05, 4.69) is 31.6 Å². The van der Waals surface area contributed by atoms with Crippen LogP contribution < -0.4 is 15.5 Å². The molecule has 1 unspecified atom stereocenters. The number of anilines is 1. The molecule has 1 atom stereocenters. The molecule has 1 saturated heterocycles. The number of hydrogen-bond donors (Lipinski definition) is 2. The zero-order valence-electron chi connectivity index (χ0n) is 17.7. The lowest BCUT2D eigenvalue weighted by Crippen LogP contribution is -2.49. The maximum absolute atomic E-state index is 14.0. The third-order valence-corrected chi connectivity index (χ3v) is 5.33. The third kappa shape index (κ3) is 6.52. The highest BCUT2D eigenvalue weighted by molar-refractivity contribution is 14.0. The topological polar surface area (TPSA) is 52.6 Å². The quantitative estimate of drug-likeness (QED) is 0.346. The molecule has 0 amide bonds. The van der Waals surface area contributed by atoms with E-state index in [1.807, 2.05) is 26.0 Å². The molecule has 0 aliphatic carbocycles. The SMILES string of the molecule is CN=C(NCC(C)c1ccc(F)cc1F)NC1CCN(c2cccc(C)n2)CC1.I. The largest absolute Gasteiger partial charge is 0.356 e. The molecule has 2 N–H and O–H groups in total. The van der Waals surface area contributed by atoms with Crippen LogP contribution in [0.4, 0.5) is 14.6 Å². The Labute approximate surface area is 194 Å². The Bertz CT molecular complexity index is 853. The van der Waals surface area contributed by atoms with Crippen LogP contribution in [0.3, 0.4) is 0 Å². The monoisotopic (exact) mass is 529 g/mol. The molecule has 0 spiro atoms. The number of benzene rings is 1. The molecule has 0 saturated carbocycles. The van der Waals surface area contributed by atoms with Crippen molar-refractivity contribution in [2.45, 2.75) is 38.6 Å². The second-order valence-corrected chi connectivity index (χ2v) is 7.56. The van der Waals surface area contributed by atoms with Gasteiger partial charge in [-0.25, -0.2) is 13.8 Å². The Hall–Kier alpha value is -1.97. The van der Waals surface area contributed by atoms with Crippen LogP contribution in [0.25, 0.3) is 0 Å². The summed E-state index contributed by atoms with van der Waals surface area (Å²) < 4.78 is 27.1. The lowest BCUT2D eigenvalue weighted by molar-refractivity contribution is 0.458. The molecule has 1 aliphatic heterocycles. The van der Waals surface area contributed by atoms with Crippen molar-refractivity contribution in [3.63, 3.8) is 0 Å². The van der Waals surface area contributed by atoms with E-state index < -0.39 is 11.6 Å². The number of piperidine rings is 1. The summed E-state index contributed by atoms with van der Waals surface area (Å²) in [7, 11) is 1.73. The fourth-order valence-corrected chi connectivity index (χ4v) is 3.61. The molecule has 30 heavy (non-hydrogen) atoms. The number of aliphatic imine (C=N–C) groups is 1. The van der Waals surface area contributed by atoms with Crippen molar-refractivity contribution in [3.05, 3.63) is 59.3 Å². The Morgan fingerprint density at radius 2 is 1.97 bits per heavy atom. The first-order valence-corrected chi connectivity index (χ1v) is 10.1. The summed E-state index contributed by atoms with van der Waals surface area (Å²) in [6.45, 7) is 6.29. The van der Waals surface area contributed by atoms with Gasteiger partial charge in [0, 0.05) is 50.4 Å². The summed E-state index contributed by atoms with van der Waals surface area (Å²) in [4.78, 5) is 11.2. The summed E-state index contributed by atoms with van der Waals surface area (Å²) in [5, 5.41) is 6.72. The summed E-state index contributed by atoms with van der Waals surface area (Å²) in [6, 6.07) is 10.1. The van der Waals surface area contributed by atoms with E-state index in [4.69, 9.17) is 0 Å². The van der Waals surface area contributed by atoms with E-state index in [9.17, 15) is 8.78 Å². The average Bonchev–Trinajstić information content (AvgIpc) is 2.71. The van der Waals surface area contributed by atoms with E-state index in [1.54, 1.807) is 7.05 Å². The molecule has 0 bridgehead atoms. The molecule has 164 valence electrons. The minimum Gasteiger partial charge on any atom is -0.356 e. The number of guanidine groups is 1. The van der Waals surface area contributed by atoms with Gasteiger partial charge in [-0.1, -0.05) is 19.1 Å². The van der Waals surface area contributed by atoms with Gasteiger partial charge >= 0.3 is 0 Å². The van der Waals surface area contributed by atoms with Crippen molar-refractivity contribution in [1.29, 1.82) is 0 Å². The molecule has 0 radical (unpaired) electrons. The van der Waals surface area contributed by atoms with Gasteiger partial charge < -0.3 is 15.5 Å². The lowest BCUT2D eigenvalue weighted by Gasteiger charge is -2.34. The maximum Gasteiger partial charge on any atom is 0.191 e. The first-order chi connectivity index (χ1) is 14.0. The number of rotatable bonds is 5. The van der Waals surface area contributed by atoms with Crippen molar-refractivity contribution in [3.8, 4) is 0 Å². The molecule has 1 fully saturated rings. The van der Waals surface area contributed by atoms with Crippen LogP contribution in [0.15, 0.2) is 41.4 Å². The fourth-order valence-electron chi connectivity index (χ4n) is 3.61. The van der Waals surface area contributed by atoms with Gasteiger partial charge in [-0.2, -0.15) is 0 Å². The zero-order valence-corrected chi connectivity index (χ0v) is 20.0. The van der Waals surface area contributed by atoms with E-state index in [0.29, 0.717) is 24.1 Å². The van der Waals surface area contributed by atoms with Crippen molar-refractivity contribution in [2.75, 3.05) is 31.6 Å². The lowest BCUT2D eigenvalue weighted by atomic mass is 10.0. The number of nitrogens with one attached hydrogen (secondary N) is 2. The second-order valence-electron chi connectivity index (χ2n) is 7.56. The van der Waals surface area contributed by atoms with Gasteiger partial charge in [0.05, 0.1) is 0 Å². The molecule has 1 aromatic heterocycles. The zero-order chi connectivity index (χ0) is 20.8. The summed E-state index contributed by atoms with van der Waals surface area (Å²) >= 11 is 0. The molecule has 2 aromatic rings. The van der Waals surface area contributed by atoms with Crippen LogP contribution >= 0.6 is 24.0 Å². The molecule has 2 heterocycles. The minimum atomic E-state index is -0.559. The van der Waals surface area contributed by atoms with Crippen LogP contribution in [0.2, 0.25) is 0 Å². The van der Waals surface area contributed by atoms with Crippen LogP contribution in [0, 0.1) is 18.6 Å². The van der Waals surface area contributed by atoms with Gasteiger partial charge in [-0.05, 0) is 43.5 Å². The molecule has 8 heteroatoms. The molecule has 1 aromatic carbocycles. The van der Waals surface area contributed by atoms with Gasteiger partial charge in [-0.15, -0.1) is 24.0 Å². The molecular weight excluding hydrogens is 499 g/mol. The Balaban J connectivity index is 0.00000320. The van der Waals surface area contributed by atoms with E-state index >= 15 is 0 Å². The van der Waals surface area contributed by atoms with Gasteiger partial charge in [0.1, 0.15) is 17.5 Å². The maximum atomic E-state index is 14.0. The van der Waals surface area contributed by atoms with Crippen LogP contribution in [-0.4, -0.2) is 43.7 Å². The predicted molar refractivity (Wildman–Crippen MR) is 129 cm³/mol. The summed E-state index contributed by atoms with van der Waals surface area (Å²) in [5.41, 5.74) is 1.52. The highest BCUT2D eigenvalue weighted by Crippen LogP contribution is 2.20. The Morgan fingerprint density at radius 1 is 1.23 bits per heavy atom. The van der Waals surface area contributed by atoms with Crippen LogP contribution in [-0.2, 0) is 0 Å². The fraction of sp³-hybridized carbons (Fsp3) is 0.455. The Morgan fingerprint density at radius 3 is 2.60 bits per heavy atom. The summed E-state index contributed by atoms with van der Waals surface area (Å²) in [6.07, 6.45) is 1.97. The highest BCUT2D eigenvalue weighted by Gasteiger charge is 2.21. The average molecular weight is 529 g/mol. The predicted octanol–water partition coefficient (Wildman–Crippen LogP) is 4.22. The van der Waals surface area contributed by atoms with E-state index in [-0.39, 0.29) is 29.9 Å². The molecule has 5 nitrogen and oxygen atoms in total. The first kappa shape index (κ1) is 24.3. The normalized spacial score (nSPS) is 16.0. The summed E-state index contributed by atoms with van der Waals surface area (Å²) in [5.74, 6) is 0.548. The number of aryl methyl sites for hydroxylation is 1. The van der Waals surface area contributed by atoms with Crippen LogP contribution in [0.1, 0.15) is 36.9 Å². The molecule has 3 rings (SSSR count). The second kappa shape index (κ2) is 11.4. The first-order valence-electron chi connectivity index (χ1n) is 10.1. The van der Waals surface area contributed by atoms with Crippen LogP contribution in [0.5, 0.6) is 0 Å². The van der Waals surface area contributed by atoms with Gasteiger partial charge in [-0.3, -0.25) is 4.99 Å². The van der Waals surface area contributed by atoms with Crippen molar-refractivity contribution in [2.24, 2.45) is 4.99 Å². The van der Waals surface area contributed by atoms with Crippen molar-refractivity contribution >= 4 is 35.8 Å². The van der Waals surface area contributed by atoms with Crippen molar-refractivity contribution in [1.82, 2.24) is 15.6 Å². The van der Waals surface area contributed by atoms with Gasteiger partial charge in [0.2, 0.25) is 0 Å². The van der Waals surface area contributed by atoms with Gasteiger partial charge in [0.25, 0.3) is 0 Å². The van der Waals surface area contributed by atoms with E-state index in [0.717, 1.165) is 43.5 Å². The van der Waals surface area contributed by atoms with Crippen molar-refractivity contribution < 1.29 is 8.78 Å². The van der Waals surface area contributed by atoms with E-state index in [1.165, 1.54) is 12.1 Å².